The Labute approximate surface area is 118 Å². The normalized spacial score (nSPS) is 29.1. The molecule has 110 valence electrons. The Morgan fingerprint density at radius 2 is 2.35 bits per heavy atom. The Hall–Kier alpha value is -1.65. The van der Waals surface area contributed by atoms with E-state index < -0.39 is 5.97 Å². The number of allylic oxidation sites excluding steroid dienone is 2. The first kappa shape index (κ1) is 14.8. The summed E-state index contributed by atoms with van der Waals surface area (Å²) in [6.07, 6.45) is 7.41. The third kappa shape index (κ3) is 3.46. The van der Waals surface area contributed by atoms with Gasteiger partial charge in [0.05, 0.1) is 18.1 Å². The van der Waals surface area contributed by atoms with E-state index in [2.05, 4.69) is 12.1 Å². The van der Waals surface area contributed by atoms with Crippen LogP contribution in [0.4, 0.5) is 0 Å². The lowest BCUT2D eigenvalue weighted by Crippen LogP contribution is -2.31. The number of hydrogen-bond donors (Lipinski definition) is 1. The maximum absolute atomic E-state index is 11.2. The molecule has 0 fully saturated rings. The fourth-order valence-electron chi connectivity index (χ4n) is 2.83. The lowest BCUT2D eigenvalue weighted by atomic mass is 9.80. The third-order valence-electron chi connectivity index (χ3n) is 3.95. The highest BCUT2D eigenvalue weighted by molar-refractivity contribution is 5.97. The zero-order valence-electron chi connectivity index (χ0n) is 11.7. The highest BCUT2D eigenvalue weighted by atomic mass is 16.6. The van der Waals surface area contributed by atoms with Crippen LogP contribution in [0.2, 0.25) is 0 Å². The van der Waals surface area contributed by atoms with Gasteiger partial charge in [-0.05, 0) is 25.3 Å². The molecule has 3 unspecified atom stereocenters. The molecule has 0 amide bonds. The molecule has 0 radical (unpaired) electrons. The molecule has 2 rings (SSSR count). The van der Waals surface area contributed by atoms with Crippen molar-refractivity contribution >= 4 is 17.5 Å². The molecule has 3 atom stereocenters. The van der Waals surface area contributed by atoms with Gasteiger partial charge in [0.25, 0.3) is 0 Å². The van der Waals surface area contributed by atoms with E-state index in [1.54, 1.807) is 6.08 Å². The minimum absolute atomic E-state index is 0.0451. The molecule has 0 saturated heterocycles. The third-order valence-corrected chi connectivity index (χ3v) is 3.95. The molecule has 0 aromatic carbocycles. The molecule has 0 aromatic heterocycles. The molecule has 0 bridgehead atoms. The van der Waals surface area contributed by atoms with E-state index in [1.165, 1.54) is 0 Å². The highest BCUT2D eigenvalue weighted by Gasteiger charge is 2.38. The van der Waals surface area contributed by atoms with Gasteiger partial charge in [0.15, 0.2) is 5.78 Å². The molecule has 1 aliphatic heterocycles. The van der Waals surface area contributed by atoms with Crippen LogP contribution in [0.15, 0.2) is 17.3 Å². The number of rotatable bonds is 6. The van der Waals surface area contributed by atoms with Crippen LogP contribution in [0.25, 0.3) is 0 Å². The molecule has 20 heavy (non-hydrogen) atoms. The summed E-state index contributed by atoms with van der Waals surface area (Å²) in [7, 11) is 0. The highest BCUT2D eigenvalue weighted by Crippen LogP contribution is 2.32. The van der Waals surface area contributed by atoms with Crippen LogP contribution in [0.3, 0.4) is 0 Å². The monoisotopic (exact) mass is 279 g/mol. The number of carboxylic acids is 1. The summed E-state index contributed by atoms with van der Waals surface area (Å²) in [6.45, 7) is 2.10. The van der Waals surface area contributed by atoms with Crippen LogP contribution in [-0.2, 0) is 14.4 Å². The van der Waals surface area contributed by atoms with Crippen molar-refractivity contribution in [1.82, 2.24) is 0 Å². The van der Waals surface area contributed by atoms with Crippen molar-refractivity contribution < 1.29 is 19.5 Å². The number of carbonyl (C=O) groups excluding carboxylic acids is 1. The fraction of sp³-hybridized carbons (Fsp3) is 0.667. The van der Waals surface area contributed by atoms with Gasteiger partial charge in [0.2, 0.25) is 0 Å². The van der Waals surface area contributed by atoms with Crippen molar-refractivity contribution in [2.75, 3.05) is 0 Å². The van der Waals surface area contributed by atoms with Crippen molar-refractivity contribution in [2.45, 2.75) is 51.6 Å². The SMILES string of the molecule is CCCCC1ON=C(C2C=CC(=O)CC2)C1CC(=O)O. The minimum atomic E-state index is -0.828. The number of nitrogens with zero attached hydrogens (tertiary/aromatic N) is 1. The molecule has 1 aliphatic carbocycles. The van der Waals surface area contributed by atoms with Gasteiger partial charge in [-0.1, -0.05) is 24.6 Å². The smallest absolute Gasteiger partial charge is 0.304 e. The first-order chi connectivity index (χ1) is 9.61. The number of unbranched alkanes of at least 4 members (excludes halogenated alkanes) is 1. The largest absolute Gasteiger partial charge is 0.481 e. The number of ketones is 1. The Bertz CT molecular complexity index is 441. The van der Waals surface area contributed by atoms with Crippen molar-refractivity contribution in [3.63, 3.8) is 0 Å². The van der Waals surface area contributed by atoms with Gasteiger partial charge < -0.3 is 9.94 Å². The molecule has 0 saturated carbocycles. The number of carboxylic acid groups (broad SMARTS) is 1. The average Bonchev–Trinajstić information content (AvgIpc) is 2.79. The first-order valence-electron chi connectivity index (χ1n) is 7.28. The van der Waals surface area contributed by atoms with Crippen LogP contribution in [0, 0.1) is 11.8 Å². The summed E-state index contributed by atoms with van der Waals surface area (Å²) in [6, 6.07) is 0. The topological polar surface area (TPSA) is 76.0 Å². The Morgan fingerprint density at radius 1 is 1.55 bits per heavy atom. The van der Waals surface area contributed by atoms with Crippen molar-refractivity contribution in [3.8, 4) is 0 Å². The molecule has 0 spiro atoms. The van der Waals surface area contributed by atoms with Gasteiger partial charge in [0, 0.05) is 12.3 Å². The van der Waals surface area contributed by atoms with Crippen molar-refractivity contribution in [1.29, 1.82) is 0 Å². The van der Waals surface area contributed by atoms with E-state index in [-0.39, 0.29) is 30.1 Å². The van der Waals surface area contributed by atoms with Gasteiger partial charge in [-0.3, -0.25) is 9.59 Å². The minimum Gasteiger partial charge on any atom is -0.481 e. The number of oxime groups is 1. The Balaban J connectivity index is 2.08. The lowest BCUT2D eigenvalue weighted by molar-refractivity contribution is -0.138. The average molecular weight is 279 g/mol. The molecule has 2 aliphatic rings. The van der Waals surface area contributed by atoms with Gasteiger partial charge in [0.1, 0.15) is 6.10 Å². The molecular weight excluding hydrogens is 258 g/mol. The summed E-state index contributed by atoms with van der Waals surface area (Å²) in [5.41, 5.74) is 0.803. The van der Waals surface area contributed by atoms with Crippen LogP contribution >= 0.6 is 0 Å². The van der Waals surface area contributed by atoms with Crippen LogP contribution in [-0.4, -0.2) is 28.7 Å². The van der Waals surface area contributed by atoms with Gasteiger partial charge in [-0.15, -0.1) is 0 Å². The Kier molecular flexibility index (Phi) is 4.93. The predicted octanol–water partition coefficient (Wildman–Crippen LogP) is 2.56. The second kappa shape index (κ2) is 6.68. The van der Waals surface area contributed by atoms with Crippen LogP contribution in [0.5, 0.6) is 0 Å². The van der Waals surface area contributed by atoms with Gasteiger partial charge in [-0.25, -0.2) is 0 Å². The molecule has 0 aromatic rings. The summed E-state index contributed by atoms with van der Waals surface area (Å²) in [4.78, 5) is 27.8. The maximum atomic E-state index is 11.2. The molecule has 5 nitrogen and oxygen atoms in total. The van der Waals surface area contributed by atoms with E-state index in [1.807, 2.05) is 6.08 Å². The van der Waals surface area contributed by atoms with Crippen LogP contribution in [0.1, 0.15) is 45.4 Å². The molecular formula is C15H21NO4. The summed E-state index contributed by atoms with van der Waals surface area (Å²) >= 11 is 0. The number of carbonyl (C=O) groups is 2. The lowest BCUT2D eigenvalue weighted by Gasteiger charge is -2.21. The molecule has 5 heteroatoms. The quantitative estimate of drug-likeness (QED) is 0.810. The first-order valence-corrected chi connectivity index (χ1v) is 7.28. The van der Waals surface area contributed by atoms with Crippen LogP contribution < -0.4 is 0 Å². The summed E-state index contributed by atoms with van der Waals surface area (Å²) in [5, 5.41) is 13.2. The van der Waals surface area contributed by atoms with E-state index in [4.69, 9.17) is 9.94 Å². The number of hydrogen-bond acceptors (Lipinski definition) is 4. The van der Waals surface area contributed by atoms with Gasteiger partial charge in [-0.2, -0.15) is 0 Å². The predicted molar refractivity (Wildman–Crippen MR) is 74.4 cm³/mol. The zero-order valence-corrected chi connectivity index (χ0v) is 11.7. The van der Waals surface area contributed by atoms with Gasteiger partial charge >= 0.3 is 5.97 Å². The second-order valence-electron chi connectivity index (χ2n) is 5.48. The standard InChI is InChI=1S/C15H21NO4/c1-2-3-4-13-12(9-14(18)19)15(16-20-13)10-5-7-11(17)8-6-10/h5,7,10,12-13H,2-4,6,8-9H2,1H3,(H,18,19). The van der Waals surface area contributed by atoms with E-state index in [0.29, 0.717) is 12.8 Å². The summed E-state index contributed by atoms with van der Waals surface area (Å²) in [5.74, 6) is -0.825. The number of aliphatic carboxylic acids is 1. The van der Waals surface area contributed by atoms with E-state index in [9.17, 15) is 9.59 Å². The molecule has 1 N–H and O–H groups in total. The van der Waals surface area contributed by atoms with E-state index in [0.717, 1.165) is 25.0 Å². The second-order valence-corrected chi connectivity index (χ2v) is 5.48. The zero-order chi connectivity index (χ0) is 14.5. The fourth-order valence-corrected chi connectivity index (χ4v) is 2.83. The summed E-state index contributed by atoms with van der Waals surface area (Å²) < 4.78 is 0. The Morgan fingerprint density at radius 3 is 2.95 bits per heavy atom. The molecule has 1 heterocycles. The maximum Gasteiger partial charge on any atom is 0.304 e. The van der Waals surface area contributed by atoms with Crippen molar-refractivity contribution in [2.24, 2.45) is 17.0 Å². The van der Waals surface area contributed by atoms with Crippen molar-refractivity contribution in [3.05, 3.63) is 12.2 Å². The van der Waals surface area contributed by atoms with E-state index >= 15 is 0 Å².